The fraction of sp³-hybridized carbons (Fsp3) is 0.0588. The topological polar surface area (TPSA) is 111 Å². The molecule has 0 aromatic heterocycles. The Kier molecular flexibility index (Phi) is 6.69. The summed E-state index contributed by atoms with van der Waals surface area (Å²) in [6.45, 7) is -0.497. The Morgan fingerprint density at radius 1 is 1.15 bits per heavy atom. The molecule has 134 valence electrons. The van der Waals surface area contributed by atoms with E-state index in [1.54, 1.807) is 30.3 Å². The molecule has 26 heavy (non-hydrogen) atoms. The monoisotopic (exact) mass is 375 g/mol. The molecule has 0 aliphatic carbocycles. The first-order valence-electron chi connectivity index (χ1n) is 7.34. The Morgan fingerprint density at radius 2 is 1.92 bits per heavy atom. The fourth-order valence-electron chi connectivity index (χ4n) is 1.86. The maximum absolute atomic E-state index is 11.7. The summed E-state index contributed by atoms with van der Waals surface area (Å²) in [7, 11) is 0. The van der Waals surface area contributed by atoms with Crippen molar-refractivity contribution in [1.29, 1.82) is 0 Å². The number of halogens is 1. The normalized spacial score (nSPS) is 10.3. The van der Waals surface area contributed by atoms with Crippen molar-refractivity contribution >= 4 is 35.2 Å². The van der Waals surface area contributed by atoms with Gasteiger partial charge in [0.15, 0.2) is 12.4 Å². The highest BCUT2D eigenvalue weighted by Gasteiger charge is 2.14. The van der Waals surface area contributed by atoms with Crippen LogP contribution in [0, 0.1) is 10.1 Å². The lowest BCUT2D eigenvalue weighted by Crippen LogP contribution is -2.43. The van der Waals surface area contributed by atoms with E-state index < -0.39 is 23.3 Å². The minimum absolute atomic E-state index is 0.0418. The third-order valence-electron chi connectivity index (χ3n) is 3.02. The quantitative estimate of drug-likeness (QED) is 0.458. The Morgan fingerprint density at radius 3 is 2.65 bits per heavy atom. The summed E-state index contributed by atoms with van der Waals surface area (Å²) in [5, 5.41) is 11.4. The zero-order valence-corrected chi connectivity index (χ0v) is 14.1. The SMILES string of the molecule is O=C(/C=C/c1cccc(Cl)c1)NNC(=O)COc1ccccc1[N+](=O)[O-]. The van der Waals surface area contributed by atoms with Crippen LogP contribution in [0.15, 0.2) is 54.6 Å². The summed E-state index contributed by atoms with van der Waals surface area (Å²) in [6, 6.07) is 12.5. The molecule has 2 aromatic carbocycles. The molecule has 0 aliphatic rings. The average Bonchev–Trinajstić information content (AvgIpc) is 2.63. The first kappa shape index (κ1) is 18.9. The first-order chi connectivity index (χ1) is 12.5. The third kappa shape index (κ3) is 5.91. The highest BCUT2D eigenvalue weighted by Crippen LogP contribution is 2.25. The molecule has 0 saturated carbocycles. The van der Waals surface area contributed by atoms with Gasteiger partial charge in [-0.25, -0.2) is 0 Å². The van der Waals surface area contributed by atoms with Crippen molar-refractivity contribution < 1.29 is 19.2 Å². The number of hydrazine groups is 1. The van der Waals surface area contributed by atoms with Crippen molar-refractivity contribution in [2.24, 2.45) is 0 Å². The zero-order chi connectivity index (χ0) is 18.9. The molecule has 8 nitrogen and oxygen atoms in total. The molecule has 0 spiro atoms. The number of carbonyl (C=O) groups excluding carboxylic acids is 2. The summed E-state index contributed by atoms with van der Waals surface area (Å²) in [5.74, 6) is -1.28. The van der Waals surface area contributed by atoms with Crippen LogP contribution in [0.3, 0.4) is 0 Å². The van der Waals surface area contributed by atoms with Crippen LogP contribution in [0.1, 0.15) is 5.56 Å². The molecule has 0 aliphatic heterocycles. The Balaban J connectivity index is 1.80. The number of hydrogen-bond acceptors (Lipinski definition) is 5. The van der Waals surface area contributed by atoms with Crippen LogP contribution >= 0.6 is 11.6 Å². The van der Waals surface area contributed by atoms with Crippen LogP contribution in [0.4, 0.5) is 5.69 Å². The molecule has 0 saturated heterocycles. The Hall–Kier alpha value is -3.39. The van der Waals surface area contributed by atoms with Crippen molar-refractivity contribution in [2.75, 3.05) is 6.61 Å². The van der Waals surface area contributed by atoms with Crippen molar-refractivity contribution in [3.05, 3.63) is 75.3 Å². The summed E-state index contributed by atoms with van der Waals surface area (Å²) >= 11 is 5.83. The first-order valence-corrected chi connectivity index (χ1v) is 7.72. The van der Waals surface area contributed by atoms with E-state index in [-0.39, 0.29) is 11.4 Å². The molecule has 2 rings (SSSR count). The molecule has 0 unspecified atom stereocenters. The summed E-state index contributed by atoms with van der Waals surface area (Å²) in [6.07, 6.45) is 2.74. The highest BCUT2D eigenvalue weighted by molar-refractivity contribution is 6.30. The van der Waals surface area contributed by atoms with Gasteiger partial charge in [-0.3, -0.25) is 30.6 Å². The van der Waals surface area contributed by atoms with E-state index in [2.05, 4.69) is 10.9 Å². The third-order valence-corrected chi connectivity index (χ3v) is 3.26. The molecular formula is C17H14ClN3O5. The van der Waals surface area contributed by atoms with Gasteiger partial charge >= 0.3 is 5.69 Å². The van der Waals surface area contributed by atoms with Gasteiger partial charge in [0.1, 0.15) is 0 Å². The Bertz CT molecular complexity index is 854. The lowest BCUT2D eigenvalue weighted by atomic mass is 10.2. The van der Waals surface area contributed by atoms with Crippen molar-refractivity contribution in [3.63, 3.8) is 0 Å². The molecule has 0 heterocycles. The van der Waals surface area contributed by atoms with Crippen molar-refractivity contribution in [1.82, 2.24) is 10.9 Å². The number of carbonyl (C=O) groups is 2. The van der Waals surface area contributed by atoms with Gasteiger partial charge in [-0.1, -0.05) is 35.9 Å². The van der Waals surface area contributed by atoms with Crippen LogP contribution in [0.2, 0.25) is 5.02 Å². The minimum Gasteiger partial charge on any atom is -0.477 e. The average molecular weight is 376 g/mol. The Labute approximate surface area is 153 Å². The standard InChI is InChI=1S/C17H14ClN3O5/c18-13-5-3-4-12(10-13)8-9-16(22)19-20-17(23)11-26-15-7-2-1-6-14(15)21(24)25/h1-10H,11H2,(H,19,22)(H,20,23)/b9-8+. The van der Waals surface area contributed by atoms with Gasteiger partial charge in [-0.15, -0.1) is 0 Å². The van der Waals surface area contributed by atoms with Crippen molar-refractivity contribution in [3.8, 4) is 5.75 Å². The number of benzene rings is 2. The van der Waals surface area contributed by atoms with E-state index in [1.165, 1.54) is 30.4 Å². The van der Waals surface area contributed by atoms with Crippen LogP contribution in [-0.2, 0) is 9.59 Å². The van der Waals surface area contributed by atoms with Gasteiger partial charge in [0.2, 0.25) is 0 Å². The lowest BCUT2D eigenvalue weighted by Gasteiger charge is -2.07. The number of nitrogens with zero attached hydrogens (tertiary/aromatic N) is 1. The van der Waals surface area contributed by atoms with E-state index in [4.69, 9.17) is 16.3 Å². The van der Waals surface area contributed by atoms with Gasteiger partial charge in [-0.05, 0) is 29.8 Å². The number of nitrogens with one attached hydrogen (secondary N) is 2. The molecular weight excluding hydrogens is 362 g/mol. The molecule has 0 fully saturated rings. The van der Waals surface area contributed by atoms with E-state index in [0.29, 0.717) is 5.02 Å². The minimum atomic E-state index is -0.673. The predicted molar refractivity (Wildman–Crippen MR) is 95.4 cm³/mol. The van der Waals surface area contributed by atoms with Gasteiger partial charge in [0, 0.05) is 17.2 Å². The number of ether oxygens (including phenoxy) is 1. The van der Waals surface area contributed by atoms with Gasteiger partial charge in [0.25, 0.3) is 11.8 Å². The van der Waals surface area contributed by atoms with Crippen molar-refractivity contribution in [2.45, 2.75) is 0 Å². The largest absolute Gasteiger partial charge is 0.477 e. The van der Waals surface area contributed by atoms with Crippen LogP contribution in [0.5, 0.6) is 5.75 Å². The number of rotatable bonds is 6. The summed E-state index contributed by atoms with van der Waals surface area (Å²) in [4.78, 5) is 33.5. The second-order valence-corrected chi connectivity index (χ2v) is 5.38. The van der Waals surface area contributed by atoms with Gasteiger partial charge < -0.3 is 4.74 Å². The smallest absolute Gasteiger partial charge is 0.310 e. The molecule has 9 heteroatoms. The van der Waals surface area contributed by atoms with E-state index >= 15 is 0 Å². The lowest BCUT2D eigenvalue weighted by molar-refractivity contribution is -0.385. The number of amides is 2. The highest BCUT2D eigenvalue weighted by atomic mass is 35.5. The summed E-state index contributed by atoms with van der Waals surface area (Å²) < 4.78 is 5.10. The van der Waals surface area contributed by atoms with E-state index in [1.807, 2.05) is 0 Å². The molecule has 2 aromatic rings. The van der Waals surface area contributed by atoms with Crippen LogP contribution in [0.25, 0.3) is 6.08 Å². The maximum Gasteiger partial charge on any atom is 0.310 e. The zero-order valence-electron chi connectivity index (χ0n) is 13.3. The molecule has 0 atom stereocenters. The second-order valence-electron chi connectivity index (χ2n) is 4.94. The molecule has 0 radical (unpaired) electrons. The van der Waals surface area contributed by atoms with Crippen LogP contribution in [-0.4, -0.2) is 23.3 Å². The predicted octanol–water partition coefficient (Wildman–Crippen LogP) is 2.49. The number of nitro benzene ring substituents is 1. The second kappa shape index (κ2) is 9.19. The van der Waals surface area contributed by atoms with E-state index in [0.717, 1.165) is 5.56 Å². The maximum atomic E-state index is 11.7. The summed E-state index contributed by atoms with van der Waals surface area (Å²) in [5.41, 5.74) is 4.77. The molecule has 2 amide bonds. The van der Waals surface area contributed by atoms with Gasteiger partial charge in [0.05, 0.1) is 4.92 Å². The van der Waals surface area contributed by atoms with E-state index in [9.17, 15) is 19.7 Å². The molecule has 2 N–H and O–H groups in total. The number of para-hydroxylation sites is 2. The molecule has 0 bridgehead atoms. The number of nitro groups is 1. The van der Waals surface area contributed by atoms with Crippen LogP contribution < -0.4 is 15.6 Å². The fourth-order valence-corrected chi connectivity index (χ4v) is 2.06. The number of hydrogen-bond donors (Lipinski definition) is 2. The van der Waals surface area contributed by atoms with Gasteiger partial charge in [-0.2, -0.15) is 0 Å².